The Morgan fingerprint density at radius 2 is 2.05 bits per heavy atom. The summed E-state index contributed by atoms with van der Waals surface area (Å²) < 4.78 is 1.90. The first-order chi connectivity index (χ1) is 8.97. The van der Waals surface area contributed by atoms with Gasteiger partial charge in [0.1, 0.15) is 0 Å². The van der Waals surface area contributed by atoms with Crippen molar-refractivity contribution in [1.82, 2.24) is 4.90 Å². The van der Waals surface area contributed by atoms with Gasteiger partial charge in [-0.15, -0.1) is 11.3 Å². The Hall–Kier alpha value is -0.650. The summed E-state index contributed by atoms with van der Waals surface area (Å²) in [5, 5.41) is 2.02. The van der Waals surface area contributed by atoms with Crippen LogP contribution in [0.2, 0.25) is 0 Å². The van der Waals surface area contributed by atoms with Crippen molar-refractivity contribution < 1.29 is 4.79 Å². The molecule has 0 aliphatic carbocycles. The van der Waals surface area contributed by atoms with Crippen LogP contribution in [0.4, 0.5) is 0 Å². The smallest absolute Gasteiger partial charge is 0.255 e. The van der Waals surface area contributed by atoms with Crippen LogP contribution in [-0.4, -0.2) is 17.9 Å². The second-order valence-electron chi connectivity index (χ2n) is 4.38. The van der Waals surface area contributed by atoms with Crippen LogP contribution in [0.3, 0.4) is 0 Å². The summed E-state index contributed by atoms with van der Waals surface area (Å²) in [4.78, 5) is 15.3. The maximum absolute atomic E-state index is 12.4. The van der Waals surface area contributed by atoms with Gasteiger partial charge >= 0.3 is 0 Å². The van der Waals surface area contributed by atoms with Crippen molar-refractivity contribution in [1.29, 1.82) is 0 Å². The summed E-state index contributed by atoms with van der Waals surface area (Å²) in [5.41, 5.74) is 1.83. The lowest BCUT2D eigenvalue weighted by Crippen LogP contribution is -2.26. The largest absolute Gasteiger partial charge is 0.337 e. The number of carbonyl (C=O) groups is 1. The number of carbonyl (C=O) groups excluding carboxylic acids is 1. The standard InChI is InChI=1S/C14H13Br2NOS/c1-9-3-4-12(13(16)5-9)14(18)17(2)7-11-6-10(15)8-19-11/h3-6,8H,7H2,1-2H3. The monoisotopic (exact) mass is 401 g/mol. The van der Waals surface area contributed by atoms with Gasteiger partial charge in [-0.25, -0.2) is 0 Å². The molecule has 19 heavy (non-hydrogen) atoms. The van der Waals surface area contributed by atoms with Gasteiger partial charge in [0, 0.05) is 26.3 Å². The second-order valence-corrected chi connectivity index (χ2v) is 7.14. The van der Waals surface area contributed by atoms with E-state index in [1.165, 1.54) is 0 Å². The molecule has 0 N–H and O–H groups in total. The molecule has 0 saturated carbocycles. The highest BCUT2D eigenvalue weighted by atomic mass is 79.9. The molecule has 1 heterocycles. The Labute approximate surface area is 133 Å². The van der Waals surface area contributed by atoms with Crippen molar-refractivity contribution in [3.8, 4) is 0 Å². The highest BCUT2D eigenvalue weighted by Crippen LogP contribution is 2.23. The molecule has 2 rings (SSSR count). The van der Waals surface area contributed by atoms with Gasteiger partial charge in [-0.3, -0.25) is 4.79 Å². The molecular weight excluding hydrogens is 390 g/mol. The van der Waals surface area contributed by atoms with E-state index >= 15 is 0 Å². The lowest BCUT2D eigenvalue weighted by molar-refractivity contribution is 0.0785. The van der Waals surface area contributed by atoms with Gasteiger partial charge in [-0.1, -0.05) is 6.07 Å². The first kappa shape index (κ1) is 14.8. The molecule has 100 valence electrons. The summed E-state index contributed by atoms with van der Waals surface area (Å²) in [5.74, 6) is 0.0244. The molecule has 0 atom stereocenters. The van der Waals surface area contributed by atoms with Crippen molar-refractivity contribution in [2.45, 2.75) is 13.5 Å². The maximum Gasteiger partial charge on any atom is 0.255 e. The zero-order valence-electron chi connectivity index (χ0n) is 10.6. The molecular formula is C14H13Br2NOS. The molecule has 2 nitrogen and oxygen atoms in total. The molecule has 1 amide bonds. The molecule has 1 aromatic carbocycles. The minimum absolute atomic E-state index is 0.0244. The fourth-order valence-electron chi connectivity index (χ4n) is 1.74. The summed E-state index contributed by atoms with van der Waals surface area (Å²) in [6.07, 6.45) is 0. The number of thiophene rings is 1. The minimum atomic E-state index is 0.0244. The molecule has 0 bridgehead atoms. The Kier molecular flexibility index (Phi) is 4.81. The van der Waals surface area contributed by atoms with Crippen molar-refractivity contribution in [3.05, 3.63) is 54.6 Å². The topological polar surface area (TPSA) is 20.3 Å². The van der Waals surface area contributed by atoms with E-state index in [-0.39, 0.29) is 5.91 Å². The first-order valence-electron chi connectivity index (χ1n) is 5.72. The van der Waals surface area contributed by atoms with Crippen LogP contribution in [0, 0.1) is 6.92 Å². The lowest BCUT2D eigenvalue weighted by atomic mass is 10.1. The van der Waals surface area contributed by atoms with Crippen LogP contribution in [0.1, 0.15) is 20.8 Å². The second kappa shape index (κ2) is 6.20. The SMILES string of the molecule is Cc1ccc(C(=O)N(C)Cc2cc(Br)cs2)c(Br)c1. The Morgan fingerprint density at radius 1 is 1.32 bits per heavy atom. The van der Waals surface area contributed by atoms with Crippen LogP contribution >= 0.6 is 43.2 Å². The van der Waals surface area contributed by atoms with Gasteiger partial charge in [0.05, 0.1) is 12.1 Å². The minimum Gasteiger partial charge on any atom is -0.337 e. The number of aryl methyl sites for hydroxylation is 1. The Balaban J connectivity index is 2.14. The molecule has 0 fully saturated rings. The van der Waals surface area contributed by atoms with Crippen LogP contribution in [-0.2, 0) is 6.54 Å². The third-order valence-corrected chi connectivity index (χ3v) is 5.05. The average Bonchev–Trinajstić information content (AvgIpc) is 2.74. The third kappa shape index (κ3) is 3.68. The molecule has 0 aliphatic rings. The van der Waals surface area contributed by atoms with Gasteiger partial charge in [0.15, 0.2) is 0 Å². The normalized spacial score (nSPS) is 10.5. The van der Waals surface area contributed by atoms with Crippen molar-refractivity contribution in [2.24, 2.45) is 0 Å². The molecule has 0 radical (unpaired) electrons. The molecule has 0 saturated heterocycles. The fourth-order valence-corrected chi connectivity index (χ4v) is 3.91. The van der Waals surface area contributed by atoms with Crippen LogP contribution in [0.5, 0.6) is 0 Å². The quantitative estimate of drug-likeness (QED) is 0.718. The van der Waals surface area contributed by atoms with Crippen LogP contribution < -0.4 is 0 Å². The Morgan fingerprint density at radius 3 is 2.63 bits per heavy atom. The number of benzene rings is 1. The number of halogens is 2. The van der Waals surface area contributed by atoms with Gasteiger partial charge < -0.3 is 4.90 Å². The number of amides is 1. The van der Waals surface area contributed by atoms with E-state index in [9.17, 15) is 4.79 Å². The molecule has 1 aromatic heterocycles. The highest BCUT2D eigenvalue weighted by molar-refractivity contribution is 9.10. The lowest BCUT2D eigenvalue weighted by Gasteiger charge is -2.17. The predicted molar refractivity (Wildman–Crippen MR) is 86.7 cm³/mol. The molecule has 0 unspecified atom stereocenters. The van der Waals surface area contributed by atoms with E-state index in [0.29, 0.717) is 12.1 Å². The predicted octanol–water partition coefficient (Wildman–Crippen LogP) is 4.85. The number of hydrogen-bond donors (Lipinski definition) is 0. The van der Waals surface area contributed by atoms with Crippen LogP contribution in [0.25, 0.3) is 0 Å². The highest BCUT2D eigenvalue weighted by Gasteiger charge is 2.15. The van der Waals surface area contributed by atoms with Gasteiger partial charge in [0.25, 0.3) is 5.91 Å². The molecule has 0 aliphatic heterocycles. The van der Waals surface area contributed by atoms with E-state index < -0.39 is 0 Å². The van der Waals surface area contributed by atoms with E-state index in [0.717, 1.165) is 19.4 Å². The van der Waals surface area contributed by atoms with E-state index in [1.54, 1.807) is 16.2 Å². The van der Waals surface area contributed by atoms with Crippen molar-refractivity contribution in [3.63, 3.8) is 0 Å². The summed E-state index contributed by atoms with van der Waals surface area (Å²) in [6.45, 7) is 2.63. The van der Waals surface area contributed by atoms with E-state index in [1.807, 2.05) is 43.6 Å². The maximum atomic E-state index is 12.4. The summed E-state index contributed by atoms with van der Waals surface area (Å²) in [7, 11) is 1.82. The molecule has 2 aromatic rings. The van der Waals surface area contributed by atoms with Gasteiger partial charge in [0.2, 0.25) is 0 Å². The summed E-state index contributed by atoms with van der Waals surface area (Å²) >= 11 is 8.52. The number of rotatable bonds is 3. The van der Waals surface area contributed by atoms with Gasteiger partial charge in [-0.2, -0.15) is 0 Å². The number of nitrogens with zero attached hydrogens (tertiary/aromatic N) is 1. The number of hydrogen-bond acceptors (Lipinski definition) is 2. The molecule has 0 spiro atoms. The fraction of sp³-hybridized carbons (Fsp3) is 0.214. The first-order valence-corrected chi connectivity index (χ1v) is 8.18. The summed E-state index contributed by atoms with van der Waals surface area (Å²) in [6, 6.07) is 7.82. The molecule has 5 heteroatoms. The Bertz CT molecular complexity index is 609. The van der Waals surface area contributed by atoms with E-state index in [4.69, 9.17) is 0 Å². The third-order valence-electron chi connectivity index (χ3n) is 2.72. The van der Waals surface area contributed by atoms with E-state index in [2.05, 4.69) is 31.9 Å². The zero-order chi connectivity index (χ0) is 14.0. The van der Waals surface area contributed by atoms with Gasteiger partial charge in [-0.05, 0) is 62.5 Å². The van der Waals surface area contributed by atoms with Crippen molar-refractivity contribution >= 4 is 49.1 Å². The zero-order valence-corrected chi connectivity index (χ0v) is 14.6. The van der Waals surface area contributed by atoms with Crippen LogP contribution in [0.15, 0.2) is 38.6 Å². The average molecular weight is 403 g/mol. The van der Waals surface area contributed by atoms with Crippen molar-refractivity contribution in [2.75, 3.05) is 7.05 Å².